The molecule has 2 aliphatic rings. The lowest BCUT2D eigenvalue weighted by atomic mass is 10.1. The minimum atomic E-state index is -4.89. The summed E-state index contributed by atoms with van der Waals surface area (Å²) in [5, 5.41) is 23.5. The van der Waals surface area contributed by atoms with Crippen LogP contribution in [0, 0.1) is 11.6 Å². The van der Waals surface area contributed by atoms with Crippen LogP contribution < -0.4 is 9.80 Å². The van der Waals surface area contributed by atoms with Gasteiger partial charge < -0.3 is 14.4 Å². The Labute approximate surface area is 313 Å². The van der Waals surface area contributed by atoms with Crippen LogP contribution in [-0.2, 0) is 37.2 Å². The third-order valence-electron chi connectivity index (χ3n) is 8.49. The predicted octanol–water partition coefficient (Wildman–Crippen LogP) is 3.91. The first kappa shape index (κ1) is 36.4. The van der Waals surface area contributed by atoms with Crippen LogP contribution in [0.3, 0.4) is 0 Å². The summed E-state index contributed by atoms with van der Waals surface area (Å²) >= 11 is 0. The standard InChI is InChI=1S/C33H27F2N12O8P/c1-44-40-30(38-42-44)27-9-3-18(13-36-27)23-7-5-20(11-25(23)34)46-15-22(53-32(46)48)17-52-56(50,51)55-29-16-47(33(49)54-29)21-6-8-24(26(35)12-21)19-4-10-28(37-14-19)31-39-43-45(2)41-31/h3-14,22,29H,15-17H2,1-2H3,(H,50,51)/t22-,29-/m1/s1. The molecule has 8 rings (SSSR count). The molecule has 2 aromatic carbocycles. The molecular formula is C33H27F2N12O8P. The Kier molecular flexibility index (Phi) is 9.46. The van der Waals surface area contributed by atoms with Gasteiger partial charge in [0.05, 0.1) is 45.2 Å². The van der Waals surface area contributed by atoms with Gasteiger partial charge in [-0.2, -0.15) is 9.59 Å². The Balaban J connectivity index is 0.845. The minimum Gasteiger partial charge on any atom is -0.441 e. The van der Waals surface area contributed by atoms with Crippen LogP contribution in [0.4, 0.5) is 29.7 Å². The summed E-state index contributed by atoms with van der Waals surface area (Å²) in [4.78, 5) is 49.0. The average Bonchev–Trinajstić information content (AvgIpc) is 3.98. The summed E-state index contributed by atoms with van der Waals surface area (Å²) < 4.78 is 63.8. The quantitative estimate of drug-likeness (QED) is 0.184. The Hall–Kier alpha value is -6.61. The van der Waals surface area contributed by atoms with Gasteiger partial charge in [-0.1, -0.05) is 12.1 Å². The normalized spacial score (nSPS) is 17.9. The topological polar surface area (TPSA) is 228 Å². The average molecular weight is 789 g/mol. The van der Waals surface area contributed by atoms with Crippen LogP contribution in [0.15, 0.2) is 73.1 Å². The lowest BCUT2D eigenvalue weighted by Gasteiger charge is -2.17. The molecule has 2 aliphatic heterocycles. The highest BCUT2D eigenvalue weighted by Gasteiger charge is 2.40. The van der Waals surface area contributed by atoms with E-state index < -0.39 is 50.6 Å². The second-order valence-corrected chi connectivity index (χ2v) is 13.7. The first-order valence-electron chi connectivity index (χ1n) is 16.5. The van der Waals surface area contributed by atoms with Crippen molar-refractivity contribution < 1.29 is 46.3 Å². The van der Waals surface area contributed by atoms with Crippen LogP contribution in [0.25, 0.3) is 45.3 Å². The van der Waals surface area contributed by atoms with Crippen LogP contribution in [0.2, 0.25) is 0 Å². The fraction of sp³-hybridized carbons (Fsp3) is 0.212. The number of aryl methyl sites for hydroxylation is 2. The summed E-state index contributed by atoms with van der Waals surface area (Å²) in [7, 11) is -1.66. The van der Waals surface area contributed by atoms with Gasteiger partial charge in [-0.05, 0) is 59.0 Å². The van der Waals surface area contributed by atoms with Crippen molar-refractivity contribution >= 4 is 31.4 Å². The zero-order valence-corrected chi connectivity index (χ0v) is 30.0. The largest absolute Gasteiger partial charge is 0.475 e. The maximum absolute atomic E-state index is 15.3. The van der Waals surface area contributed by atoms with Crippen LogP contribution in [-0.4, -0.2) is 99.6 Å². The number of phosphoric ester groups is 1. The van der Waals surface area contributed by atoms with Crippen molar-refractivity contribution in [3.63, 3.8) is 0 Å². The van der Waals surface area contributed by atoms with E-state index in [4.69, 9.17) is 18.5 Å². The van der Waals surface area contributed by atoms with Crippen molar-refractivity contribution in [2.75, 3.05) is 29.5 Å². The maximum Gasteiger partial charge on any atom is 0.475 e. The van der Waals surface area contributed by atoms with Gasteiger partial charge in [-0.15, -0.1) is 20.4 Å². The van der Waals surface area contributed by atoms with E-state index in [9.17, 15) is 19.0 Å². The van der Waals surface area contributed by atoms with Crippen LogP contribution >= 0.6 is 7.82 Å². The fourth-order valence-electron chi connectivity index (χ4n) is 5.83. The van der Waals surface area contributed by atoms with E-state index in [-0.39, 0.29) is 35.6 Å². The lowest BCUT2D eigenvalue weighted by Crippen LogP contribution is -2.26. The van der Waals surface area contributed by atoms with Gasteiger partial charge in [0.2, 0.25) is 17.9 Å². The van der Waals surface area contributed by atoms with E-state index in [1.165, 1.54) is 46.3 Å². The molecule has 0 saturated carbocycles. The molecule has 2 amide bonds. The zero-order valence-electron chi connectivity index (χ0n) is 29.1. The van der Waals surface area contributed by atoms with E-state index >= 15 is 8.78 Å². The summed E-state index contributed by atoms with van der Waals surface area (Å²) in [6, 6.07) is 14.6. The summed E-state index contributed by atoms with van der Waals surface area (Å²) in [6.07, 6.45) is -1.51. The molecule has 0 bridgehead atoms. The Morgan fingerprint density at radius 2 is 1.29 bits per heavy atom. The number of carbonyl (C=O) groups excluding carboxylic acids is 2. The molecule has 2 saturated heterocycles. The van der Waals surface area contributed by atoms with E-state index in [2.05, 4.69) is 40.8 Å². The Morgan fingerprint density at radius 3 is 1.75 bits per heavy atom. The monoisotopic (exact) mass is 788 g/mol. The summed E-state index contributed by atoms with van der Waals surface area (Å²) in [5.74, 6) is -0.709. The van der Waals surface area contributed by atoms with Gasteiger partial charge in [-0.25, -0.2) is 27.5 Å². The number of benzene rings is 2. The first-order chi connectivity index (χ1) is 26.9. The van der Waals surface area contributed by atoms with E-state index in [1.54, 1.807) is 38.4 Å². The number of nitrogens with zero attached hydrogens (tertiary/aromatic N) is 12. The minimum absolute atomic E-state index is 0.0947. The molecular weight excluding hydrogens is 761 g/mol. The van der Waals surface area contributed by atoms with E-state index in [0.717, 1.165) is 21.9 Å². The van der Waals surface area contributed by atoms with Gasteiger partial charge in [0.25, 0.3) is 0 Å². The second-order valence-electron chi connectivity index (χ2n) is 12.3. The highest BCUT2D eigenvalue weighted by atomic mass is 31.2. The molecule has 0 spiro atoms. The number of carbonyl (C=O) groups is 2. The number of aromatic nitrogens is 10. The van der Waals surface area contributed by atoms with Gasteiger partial charge in [0.1, 0.15) is 29.1 Å². The fourth-order valence-corrected chi connectivity index (χ4v) is 6.66. The lowest BCUT2D eigenvalue weighted by molar-refractivity contribution is -0.0251. The van der Waals surface area contributed by atoms with Crippen LogP contribution in [0.1, 0.15) is 0 Å². The van der Waals surface area contributed by atoms with Crippen molar-refractivity contribution in [2.45, 2.75) is 12.4 Å². The Morgan fingerprint density at radius 1 is 0.768 bits per heavy atom. The summed E-state index contributed by atoms with van der Waals surface area (Å²) in [5.41, 5.74) is 2.47. The number of anilines is 2. The van der Waals surface area contributed by atoms with Crippen LogP contribution in [0.5, 0.6) is 0 Å². The maximum atomic E-state index is 15.3. The number of halogens is 2. The number of pyridine rings is 2. The number of phosphoric acid groups is 1. The third-order valence-corrected chi connectivity index (χ3v) is 9.46. The molecule has 23 heteroatoms. The molecule has 6 heterocycles. The third kappa shape index (κ3) is 7.53. The van der Waals surface area contributed by atoms with Crippen molar-refractivity contribution in [2.24, 2.45) is 14.1 Å². The number of tetrazole rings is 2. The SMILES string of the molecule is Cn1nnc(-c2ccc(-c3ccc(N4C[C@H](COP(=O)(O)O[C@@H]5CN(c6ccc(-c7ccc(-c8nnn(C)n8)nc7)c(F)c6)C(=O)O5)OC4=O)cc3F)cn2)n1. The van der Waals surface area contributed by atoms with E-state index in [0.29, 0.717) is 34.2 Å². The van der Waals surface area contributed by atoms with Gasteiger partial charge >= 0.3 is 20.0 Å². The van der Waals surface area contributed by atoms with Crippen molar-refractivity contribution in [1.82, 2.24) is 50.4 Å². The molecule has 286 valence electrons. The smallest absolute Gasteiger partial charge is 0.441 e. The van der Waals surface area contributed by atoms with Crippen molar-refractivity contribution in [3.8, 4) is 45.3 Å². The van der Waals surface area contributed by atoms with Gasteiger partial charge in [-0.3, -0.25) is 24.3 Å². The number of amides is 2. The summed E-state index contributed by atoms with van der Waals surface area (Å²) in [6.45, 7) is -1.11. The molecule has 1 N–H and O–H groups in total. The molecule has 4 aromatic heterocycles. The number of rotatable bonds is 11. The van der Waals surface area contributed by atoms with Crippen molar-refractivity contribution in [3.05, 3.63) is 84.7 Å². The number of hydrogen-bond acceptors (Lipinski definition) is 15. The van der Waals surface area contributed by atoms with Gasteiger partial charge in [0, 0.05) is 34.6 Å². The molecule has 1 unspecified atom stereocenters. The number of ether oxygens (including phenoxy) is 2. The van der Waals surface area contributed by atoms with Crippen molar-refractivity contribution in [1.29, 1.82) is 0 Å². The highest BCUT2D eigenvalue weighted by molar-refractivity contribution is 7.47. The second kappa shape index (κ2) is 14.6. The zero-order chi connectivity index (χ0) is 39.1. The first-order valence-corrected chi connectivity index (χ1v) is 18.0. The molecule has 2 fully saturated rings. The number of cyclic esters (lactones) is 2. The Bertz CT molecular complexity index is 2500. The molecule has 56 heavy (non-hydrogen) atoms. The van der Waals surface area contributed by atoms with E-state index in [1.807, 2.05) is 0 Å². The molecule has 3 atom stereocenters. The van der Waals surface area contributed by atoms with Gasteiger partial charge in [0.15, 0.2) is 0 Å². The number of hydrogen-bond donors (Lipinski definition) is 1. The molecule has 0 radical (unpaired) electrons. The highest BCUT2D eigenvalue weighted by Crippen LogP contribution is 2.46. The molecule has 6 aromatic rings. The molecule has 0 aliphatic carbocycles. The predicted molar refractivity (Wildman–Crippen MR) is 187 cm³/mol. The molecule has 20 nitrogen and oxygen atoms in total.